The SMILES string of the molecule is COC(=O)C[C@@H](C)NC(=O)c1cnc(Cc2ccc(F)cc2)s1. The van der Waals surface area contributed by atoms with Gasteiger partial charge in [0, 0.05) is 12.5 Å². The zero-order valence-electron chi connectivity index (χ0n) is 12.8. The molecule has 1 heterocycles. The molecule has 0 saturated heterocycles. The zero-order valence-corrected chi connectivity index (χ0v) is 13.7. The molecule has 5 nitrogen and oxygen atoms in total. The van der Waals surface area contributed by atoms with Gasteiger partial charge < -0.3 is 10.1 Å². The fourth-order valence-corrected chi connectivity index (χ4v) is 2.81. The molecule has 0 unspecified atom stereocenters. The second kappa shape index (κ2) is 7.82. The van der Waals surface area contributed by atoms with Gasteiger partial charge in [0.2, 0.25) is 0 Å². The molecule has 0 fully saturated rings. The highest BCUT2D eigenvalue weighted by Crippen LogP contribution is 2.17. The van der Waals surface area contributed by atoms with Crippen molar-refractivity contribution in [2.45, 2.75) is 25.8 Å². The van der Waals surface area contributed by atoms with Gasteiger partial charge >= 0.3 is 5.97 Å². The van der Waals surface area contributed by atoms with E-state index in [1.165, 1.54) is 36.8 Å². The number of hydrogen-bond acceptors (Lipinski definition) is 5. The molecule has 7 heteroatoms. The average Bonchev–Trinajstić information content (AvgIpc) is 2.98. The van der Waals surface area contributed by atoms with Crippen molar-refractivity contribution < 1.29 is 18.7 Å². The van der Waals surface area contributed by atoms with E-state index < -0.39 is 0 Å². The molecule has 23 heavy (non-hydrogen) atoms. The molecule has 122 valence electrons. The Morgan fingerprint density at radius 1 is 1.35 bits per heavy atom. The fraction of sp³-hybridized carbons (Fsp3) is 0.312. The number of carbonyl (C=O) groups is 2. The Morgan fingerprint density at radius 3 is 2.70 bits per heavy atom. The van der Waals surface area contributed by atoms with Gasteiger partial charge in [-0.25, -0.2) is 9.37 Å². The Morgan fingerprint density at radius 2 is 2.04 bits per heavy atom. The van der Waals surface area contributed by atoms with Crippen LogP contribution in [0.1, 0.15) is 33.6 Å². The molecule has 0 aliphatic rings. The Balaban J connectivity index is 1.94. The van der Waals surface area contributed by atoms with E-state index in [-0.39, 0.29) is 30.2 Å². The summed E-state index contributed by atoms with van der Waals surface area (Å²) in [6.45, 7) is 1.73. The largest absolute Gasteiger partial charge is 0.469 e. The van der Waals surface area contributed by atoms with Crippen LogP contribution in [0.2, 0.25) is 0 Å². The van der Waals surface area contributed by atoms with Gasteiger partial charge in [-0.1, -0.05) is 12.1 Å². The summed E-state index contributed by atoms with van der Waals surface area (Å²) in [6.07, 6.45) is 2.16. The van der Waals surface area contributed by atoms with Crippen molar-refractivity contribution in [3.8, 4) is 0 Å². The number of thiazole rings is 1. The molecule has 0 aliphatic carbocycles. The minimum atomic E-state index is -0.376. The maximum Gasteiger partial charge on any atom is 0.307 e. The smallest absolute Gasteiger partial charge is 0.307 e. The number of methoxy groups -OCH3 is 1. The van der Waals surface area contributed by atoms with Crippen LogP contribution in [-0.4, -0.2) is 30.0 Å². The normalized spacial score (nSPS) is 11.8. The predicted octanol–water partition coefficient (Wildman–Crippen LogP) is 2.55. The highest BCUT2D eigenvalue weighted by Gasteiger charge is 2.16. The van der Waals surface area contributed by atoms with Gasteiger partial charge in [0.15, 0.2) is 0 Å². The van der Waals surface area contributed by atoms with Crippen LogP contribution in [0.4, 0.5) is 4.39 Å². The second-order valence-corrected chi connectivity index (χ2v) is 6.19. The lowest BCUT2D eigenvalue weighted by atomic mass is 10.2. The number of carbonyl (C=O) groups excluding carboxylic acids is 2. The standard InChI is InChI=1S/C16H17FN2O3S/c1-10(7-15(20)22-2)19-16(21)13-9-18-14(23-13)8-11-3-5-12(17)6-4-11/h3-6,9-10H,7-8H2,1-2H3,(H,19,21)/t10-/m1/s1. The van der Waals surface area contributed by atoms with Crippen LogP contribution in [0, 0.1) is 5.82 Å². The summed E-state index contributed by atoms with van der Waals surface area (Å²) in [5.74, 6) is -0.934. The lowest BCUT2D eigenvalue weighted by Crippen LogP contribution is -2.34. The van der Waals surface area contributed by atoms with Crippen molar-refractivity contribution in [3.63, 3.8) is 0 Å². The third kappa shape index (κ3) is 5.14. The van der Waals surface area contributed by atoms with Crippen LogP contribution < -0.4 is 5.32 Å². The van der Waals surface area contributed by atoms with Crippen LogP contribution in [0.3, 0.4) is 0 Å². The first-order valence-electron chi connectivity index (χ1n) is 7.04. The van der Waals surface area contributed by atoms with E-state index in [9.17, 15) is 14.0 Å². The van der Waals surface area contributed by atoms with Crippen LogP contribution in [-0.2, 0) is 16.0 Å². The van der Waals surface area contributed by atoms with Crippen LogP contribution in [0.15, 0.2) is 30.5 Å². The van der Waals surface area contributed by atoms with Gasteiger partial charge in [-0.2, -0.15) is 0 Å². The van der Waals surface area contributed by atoms with Gasteiger partial charge in [-0.3, -0.25) is 9.59 Å². The van der Waals surface area contributed by atoms with E-state index >= 15 is 0 Å². The van der Waals surface area contributed by atoms with E-state index in [2.05, 4.69) is 15.0 Å². The van der Waals surface area contributed by atoms with E-state index in [0.29, 0.717) is 11.3 Å². The third-order valence-electron chi connectivity index (χ3n) is 3.12. The summed E-state index contributed by atoms with van der Waals surface area (Å²) in [4.78, 5) is 27.9. The van der Waals surface area contributed by atoms with Gasteiger partial charge in [0.1, 0.15) is 10.7 Å². The number of ether oxygens (including phenoxy) is 1. The zero-order chi connectivity index (χ0) is 16.8. The molecule has 0 saturated carbocycles. The first-order valence-corrected chi connectivity index (χ1v) is 7.86. The summed E-state index contributed by atoms with van der Waals surface area (Å²) < 4.78 is 17.4. The van der Waals surface area contributed by atoms with Crippen molar-refractivity contribution in [3.05, 3.63) is 51.7 Å². The number of aromatic nitrogens is 1. The minimum Gasteiger partial charge on any atom is -0.469 e. The summed E-state index contributed by atoms with van der Waals surface area (Å²) in [6, 6.07) is 5.84. The third-order valence-corrected chi connectivity index (χ3v) is 4.12. The molecule has 0 radical (unpaired) electrons. The number of amides is 1. The number of rotatable bonds is 6. The molecule has 2 rings (SSSR count). The molecule has 1 aromatic carbocycles. The van der Waals surface area contributed by atoms with Crippen LogP contribution in [0.5, 0.6) is 0 Å². The summed E-state index contributed by atoms with van der Waals surface area (Å²) in [5.41, 5.74) is 0.923. The molecule has 1 aromatic heterocycles. The second-order valence-electron chi connectivity index (χ2n) is 5.08. The molecular weight excluding hydrogens is 319 g/mol. The molecule has 0 spiro atoms. The fourth-order valence-electron chi connectivity index (χ4n) is 1.95. The monoisotopic (exact) mass is 336 g/mol. The van der Waals surface area contributed by atoms with Crippen LogP contribution >= 0.6 is 11.3 Å². The molecule has 1 atom stereocenters. The predicted molar refractivity (Wildman–Crippen MR) is 84.9 cm³/mol. The Hall–Kier alpha value is -2.28. The molecule has 1 amide bonds. The summed E-state index contributed by atoms with van der Waals surface area (Å²) >= 11 is 1.27. The highest BCUT2D eigenvalue weighted by molar-refractivity contribution is 7.13. The Kier molecular flexibility index (Phi) is 5.81. The number of hydrogen-bond donors (Lipinski definition) is 1. The lowest BCUT2D eigenvalue weighted by Gasteiger charge is -2.11. The van der Waals surface area contributed by atoms with Gasteiger partial charge in [-0.15, -0.1) is 11.3 Å². The van der Waals surface area contributed by atoms with Crippen molar-refractivity contribution in [2.24, 2.45) is 0 Å². The number of nitrogens with one attached hydrogen (secondary N) is 1. The van der Waals surface area contributed by atoms with E-state index in [1.54, 1.807) is 19.1 Å². The molecule has 0 bridgehead atoms. The van der Waals surface area contributed by atoms with E-state index in [4.69, 9.17) is 0 Å². The van der Waals surface area contributed by atoms with Gasteiger partial charge in [-0.05, 0) is 24.6 Å². The van der Waals surface area contributed by atoms with Crippen molar-refractivity contribution in [1.82, 2.24) is 10.3 Å². The quantitative estimate of drug-likeness (QED) is 0.823. The number of benzene rings is 1. The maximum absolute atomic E-state index is 12.9. The Labute approximate surface area is 137 Å². The van der Waals surface area contributed by atoms with Crippen molar-refractivity contribution >= 4 is 23.2 Å². The summed E-state index contributed by atoms with van der Waals surface area (Å²) in [7, 11) is 1.31. The van der Waals surface area contributed by atoms with Crippen molar-refractivity contribution in [2.75, 3.05) is 7.11 Å². The first-order chi connectivity index (χ1) is 11.0. The number of esters is 1. The lowest BCUT2D eigenvalue weighted by molar-refractivity contribution is -0.141. The molecule has 2 aromatic rings. The average molecular weight is 336 g/mol. The Bertz CT molecular complexity index is 685. The topological polar surface area (TPSA) is 68.3 Å². The van der Waals surface area contributed by atoms with E-state index in [0.717, 1.165) is 10.6 Å². The van der Waals surface area contributed by atoms with Crippen molar-refractivity contribution in [1.29, 1.82) is 0 Å². The molecule has 1 N–H and O–H groups in total. The first kappa shape index (κ1) is 17.1. The van der Waals surface area contributed by atoms with Gasteiger partial charge in [0.25, 0.3) is 5.91 Å². The maximum atomic E-state index is 12.9. The molecule has 0 aliphatic heterocycles. The number of nitrogens with zero attached hydrogens (tertiary/aromatic N) is 1. The van der Waals surface area contributed by atoms with E-state index in [1.807, 2.05) is 0 Å². The molecular formula is C16H17FN2O3S. The van der Waals surface area contributed by atoms with Gasteiger partial charge in [0.05, 0.1) is 24.7 Å². The summed E-state index contributed by atoms with van der Waals surface area (Å²) in [5, 5.41) is 3.49. The highest BCUT2D eigenvalue weighted by atomic mass is 32.1. The minimum absolute atomic E-state index is 0.115. The van der Waals surface area contributed by atoms with Crippen LogP contribution in [0.25, 0.3) is 0 Å². The number of halogens is 1.